The van der Waals surface area contributed by atoms with Gasteiger partial charge in [-0.25, -0.2) is 9.59 Å². The fourth-order valence-electron chi connectivity index (χ4n) is 10.8. The van der Waals surface area contributed by atoms with E-state index in [-0.39, 0.29) is 46.5 Å². The molecule has 5 aliphatic carbocycles. The first-order valence-corrected chi connectivity index (χ1v) is 32.0. The molecule has 1 unspecified atom stereocenters. The molecule has 7 heterocycles. The second-order valence-corrected chi connectivity index (χ2v) is 30.5. The zero-order valence-electron chi connectivity index (χ0n) is 48.4. The van der Waals surface area contributed by atoms with Crippen molar-refractivity contribution in [2.45, 2.75) is 118 Å². The molecule has 0 radical (unpaired) electrons. The van der Waals surface area contributed by atoms with E-state index in [0.717, 1.165) is 61.7 Å². The third kappa shape index (κ3) is 16.2. The smallest absolute Gasteiger partial charge is 0.410 e. The fraction of sp³-hybridized carbons (Fsp3) is 0.500. The van der Waals surface area contributed by atoms with Gasteiger partial charge >= 0.3 is 12.1 Å². The van der Waals surface area contributed by atoms with E-state index >= 15 is 0 Å². The summed E-state index contributed by atoms with van der Waals surface area (Å²) < 4.78 is 4.45. The molecule has 0 aromatic carbocycles. The van der Waals surface area contributed by atoms with Crippen molar-refractivity contribution in [1.29, 1.82) is 0 Å². The number of H-pyrrole nitrogens is 5. The lowest BCUT2D eigenvalue weighted by atomic mass is 9.94. The van der Waals surface area contributed by atoms with Crippen LogP contribution >= 0.6 is 116 Å². The van der Waals surface area contributed by atoms with Gasteiger partial charge in [-0.2, -0.15) is 0 Å². The van der Waals surface area contributed by atoms with E-state index in [1.165, 1.54) is 18.2 Å². The van der Waals surface area contributed by atoms with E-state index in [9.17, 15) is 43.2 Å². The maximum absolute atomic E-state index is 12.8. The number of aromatic carboxylic acids is 1. The number of amides is 3. The summed E-state index contributed by atoms with van der Waals surface area (Å²) >= 11 is 59.6. The standard InChI is InChI=1S/C18H23Cl2N3O4.C14H19Cl2N3O2.C9H7Cl2NO3.C9H7Cl2NO2.C8H7Cl2NO/c1-17(2,3)27-16(26)23-8-6-22(7-9-23)15(25)13-10-11-12(21-13)4-5-18(19,20)14(11)24;1-21-12-9-8-11(13(20)19-6-4-17-5-7-19)18-10(9)2-3-14(12,15)16;10-9(11)2-1-5-4(7(9)13)3-6(12-5)8(14)15;10-9(11)2-1-7-6(8(9)14)3-5(4-13)12-7;9-8(10)3-1-6-5(7(8)12)2-4-11-6/h10,21H,4-9H2,1-3H3;8,12,17-18H,2-7H2,1H3;3,12H,1-2H2,(H,14,15);3-4,12H,1-2H2;2,4,11H,1,3H2. The van der Waals surface area contributed by atoms with E-state index in [4.69, 9.17) is 131 Å². The van der Waals surface area contributed by atoms with Crippen LogP contribution in [0.5, 0.6) is 0 Å². The first-order chi connectivity index (χ1) is 41.6. The molecule has 482 valence electrons. The summed E-state index contributed by atoms with van der Waals surface area (Å²) in [6, 6.07) is 7.85. The molecule has 89 heavy (non-hydrogen) atoms. The van der Waals surface area contributed by atoms with Crippen LogP contribution in [0.1, 0.15) is 176 Å². The number of carbonyl (C=O) groups is 9. The number of fused-ring (bicyclic) bond motifs is 5. The molecule has 21 nitrogen and oxygen atoms in total. The minimum atomic E-state index is -1.44. The predicted octanol–water partition coefficient (Wildman–Crippen LogP) is 11.3. The van der Waals surface area contributed by atoms with Crippen molar-refractivity contribution in [1.82, 2.24) is 44.9 Å². The summed E-state index contributed by atoms with van der Waals surface area (Å²) in [5.74, 6) is -2.62. The maximum atomic E-state index is 12.8. The number of piperazine rings is 2. The number of methoxy groups -OCH3 is 1. The normalized spacial score (nSPS) is 20.7. The molecule has 5 aromatic heterocycles. The summed E-state index contributed by atoms with van der Waals surface area (Å²) in [5.41, 5.74) is 7.33. The van der Waals surface area contributed by atoms with Gasteiger partial charge in [-0.1, -0.05) is 116 Å². The average molecular weight is 1430 g/mol. The largest absolute Gasteiger partial charge is 0.477 e. The van der Waals surface area contributed by atoms with E-state index < -0.39 is 45.1 Å². The van der Waals surface area contributed by atoms with Crippen molar-refractivity contribution in [3.63, 3.8) is 0 Å². The summed E-state index contributed by atoms with van der Waals surface area (Å²) in [7, 11) is 1.59. The Morgan fingerprint density at radius 1 is 0.551 bits per heavy atom. The first kappa shape index (κ1) is 70.1. The zero-order chi connectivity index (χ0) is 65.3. The lowest BCUT2D eigenvalue weighted by Gasteiger charge is -2.35. The van der Waals surface area contributed by atoms with Crippen LogP contribution in [0.3, 0.4) is 0 Å². The lowest BCUT2D eigenvalue weighted by molar-refractivity contribution is 0.0140. The lowest BCUT2D eigenvalue weighted by Crippen LogP contribution is -2.51. The number of hydrogen-bond acceptors (Lipinski definition) is 12. The maximum Gasteiger partial charge on any atom is 0.410 e. The Hall–Kier alpha value is -4.75. The molecule has 0 spiro atoms. The van der Waals surface area contributed by atoms with Crippen LogP contribution in [-0.2, 0) is 41.6 Å². The summed E-state index contributed by atoms with van der Waals surface area (Å²) in [6.07, 6.45) is 6.70. The molecular weight excluding hydrogens is 1370 g/mol. The van der Waals surface area contributed by atoms with Crippen molar-refractivity contribution in [3.05, 3.63) is 116 Å². The Labute approximate surface area is 561 Å². The molecule has 0 bridgehead atoms. The van der Waals surface area contributed by atoms with E-state index in [0.29, 0.717) is 129 Å². The van der Waals surface area contributed by atoms with E-state index in [2.05, 4.69) is 30.2 Å². The summed E-state index contributed by atoms with van der Waals surface area (Å²) in [5, 5.41) is 12.0. The highest BCUT2D eigenvalue weighted by Crippen LogP contribution is 2.47. The molecule has 7 N–H and O–H groups in total. The Kier molecular flexibility index (Phi) is 21.9. The number of halogens is 10. The minimum Gasteiger partial charge on any atom is -0.477 e. The van der Waals surface area contributed by atoms with E-state index in [1.807, 2.05) is 31.7 Å². The third-order valence-corrected chi connectivity index (χ3v) is 19.3. The Bertz CT molecular complexity index is 3540. The molecule has 1 atom stereocenters. The fourth-order valence-corrected chi connectivity index (χ4v) is 13.0. The molecule has 2 aliphatic heterocycles. The molecule has 31 heteroatoms. The number of carboxylic acids is 1. The highest BCUT2D eigenvalue weighted by Gasteiger charge is 2.45. The number of carboxylic acid groups (broad SMARTS) is 1. The van der Waals surface area contributed by atoms with Crippen LogP contribution in [0.4, 0.5) is 4.79 Å². The van der Waals surface area contributed by atoms with Crippen LogP contribution < -0.4 is 5.32 Å². The molecular formula is C58H63Cl10N9O12. The number of Topliss-reactive ketones (excluding diaryl/α,β-unsaturated/α-hetero) is 4. The number of alkyl halides is 10. The summed E-state index contributed by atoms with van der Waals surface area (Å²) in [6.45, 7) is 10.1. The molecule has 2 fully saturated rings. The Morgan fingerprint density at radius 2 is 0.966 bits per heavy atom. The number of rotatable bonds is 5. The van der Waals surface area contributed by atoms with Gasteiger partial charge in [-0.15, -0.1) is 0 Å². The van der Waals surface area contributed by atoms with Gasteiger partial charge in [0.2, 0.25) is 23.1 Å². The Morgan fingerprint density at radius 3 is 1.46 bits per heavy atom. The van der Waals surface area contributed by atoms with Crippen molar-refractivity contribution in [2.24, 2.45) is 0 Å². The van der Waals surface area contributed by atoms with Crippen LogP contribution in [0.2, 0.25) is 0 Å². The first-order valence-electron chi connectivity index (χ1n) is 28.2. The van der Waals surface area contributed by atoms with Gasteiger partial charge in [0.1, 0.15) is 33.1 Å². The number of nitrogens with one attached hydrogen (secondary N) is 6. The number of aromatic amines is 5. The molecule has 12 rings (SSSR count). The number of aldehydes is 1. The van der Waals surface area contributed by atoms with Crippen molar-refractivity contribution in [2.75, 3.05) is 59.5 Å². The number of ketones is 4. The van der Waals surface area contributed by atoms with Crippen LogP contribution in [-0.4, -0.2) is 185 Å². The predicted molar refractivity (Wildman–Crippen MR) is 340 cm³/mol. The van der Waals surface area contributed by atoms with Crippen LogP contribution in [0, 0.1) is 0 Å². The number of ether oxygens (including phenoxy) is 2. The van der Waals surface area contributed by atoms with Gasteiger partial charge in [0.15, 0.2) is 23.6 Å². The topological polar surface area (TPSA) is 293 Å². The number of carbonyl (C=O) groups excluding carboxylic acids is 8. The van der Waals surface area contributed by atoms with Gasteiger partial charge in [-0.05, 0) is 115 Å². The number of hydrogen-bond donors (Lipinski definition) is 7. The Balaban J connectivity index is 0.000000148. The molecule has 0 saturated carbocycles. The van der Waals surface area contributed by atoms with Crippen LogP contribution in [0.25, 0.3) is 0 Å². The third-order valence-electron chi connectivity index (χ3n) is 15.6. The zero-order valence-corrected chi connectivity index (χ0v) is 56.0. The monoisotopic (exact) mass is 1430 g/mol. The van der Waals surface area contributed by atoms with Gasteiger partial charge < -0.3 is 59.5 Å². The summed E-state index contributed by atoms with van der Waals surface area (Å²) in [4.78, 5) is 126. The molecule has 3 amide bonds. The van der Waals surface area contributed by atoms with Gasteiger partial charge in [0.25, 0.3) is 11.8 Å². The van der Waals surface area contributed by atoms with Gasteiger partial charge in [0, 0.05) is 122 Å². The molecule has 7 aliphatic rings. The van der Waals surface area contributed by atoms with Gasteiger partial charge in [-0.3, -0.25) is 33.6 Å². The van der Waals surface area contributed by atoms with Crippen LogP contribution in [0.15, 0.2) is 36.5 Å². The number of aromatic nitrogens is 5. The number of nitrogens with zero attached hydrogens (tertiary/aromatic N) is 3. The van der Waals surface area contributed by atoms with Gasteiger partial charge in [0.05, 0.1) is 5.69 Å². The molecule has 5 aromatic rings. The second-order valence-electron chi connectivity index (χ2n) is 23.0. The quantitative estimate of drug-likeness (QED) is 0.0637. The highest BCUT2D eigenvalue weighted by molar-refractivity contribution is 6.62. The van der Waals surface area contributed by atoms with Crippen molar-refractivity contribution in [3.8, 4) is 0 Å². The SMILES string of the molecule is CC(C)(C)OC(=O)N1CCN(C(=O)c2cc3c([nH]2)CCC(Cl)(Cl)C3=O)CC1.COC1c2cc(C(=O)N3CCNCC3)[nH]c2CCC1(Cl)Cl.O=C(O)c1cc2c([nH]1)CCC(Cl)(Cl)C2=O.O=C1c2cc[nH]c2CCC1(Cl)Cl.O=Cc1cc2c([nH]1)CCC(Cl)(Cl)C2=O. The minimum absolute atomic E-state index is 0.0145. The average Bonchev–Trinajstić information content (AvgIpc) is 2.77. The van der Waals surface area contributed by atoms with Crippen molar-refractivity contribution < 1.29 is 57.7 Å². The molecule has 2 saturated heterocycles. The highest BCUT2D eigenvalue weighted by atomic mass is 35.5. The van der Waals surface area contributed by atoms with E-state index in [1.54, 1.807) is 29.2 Å². The number of aryl methyl sites for hydroxylation is 5. The second kappa shape index (κ2) is 27.8. The van der Waals surface area contributed by atoms with Crippen molar-refractivity contribution >= 4 is 169 Å².